The molecule has 0 aromatic rings. The molecule has 1 N–H and O–H groups in total. The Morgan fingerprint density at radius 3 is 2.33 bits per heavy atom. The average molecular weight is 251 g/mol. The standard InChI is InChI=1S/C6H5Br2N/c7-6(8)4-2-1-3-5(6)9/h1-4,9H. The summed E-state index contributed by atoms with van der Waals surface area (Å²) in [4.78, 5) is 0. The minimum atomic E-state index is -0.422. The minimum Gasteiger partial charge on any atom is -0.303 e. The molecule has 0 heterocycles. The second-order valence-electron chi connectivity index (χ2n) is 1.75. The van der Waals surface area contributed by atoms with E-state index in [9.17, 15) is 0 Å². The lowest BCUT2D eigenvalue weighted by Crippen LogP contribution is -2.20. The Kier molecular flexibility index (Phi) is 1.91. The molecule has 9 heavy (non-hydrogen) atoms. The van der Waals surface area contributed by atoms with Crippen LogP contribution in [0.2, 0.25) is 0 Å². The third kappa shape index (κ3) is 1.52. The summed E-state index contributed by atoms with van der Waals surface area (Å²) in [6.07, 6.45) is 7.34. The van der Waals surface area contributed by atoms with Crippen molar-refractivity contribution in [2.45, 2.75) is 3.23 Å². The highest BCUT2D eigenvalue weighted by Gasteiger charge is 2.24. The summed E-state index contributed by atoms with van der Waals surface area (Å²) in [7, 11) is 0. The molecule has 0 aromatic carbocycles. The Balaban J connectivity index is 2.91. The molecule has 0 fully saturated rings. The quantitative estimate of drug-likeness (QED) is 0.640. The molecule has 1 nitrogen and oxygen atoms in total. The number of nitrogens with one attached hydrogen (secondary N) is 1. The van der Waals surface area contributed by atoms with Crippen molar-refractivity contribution in [2.24, 2.45) is 0 Å². The van der Waals surface area contributed by atoms with E-state index in [0.717, 1.165) is 0 Å². The first-order chi connectivity index (χ1) is 4.13. The number of hydrogen-bond donors (Lipinski definition) is 1. The number of rotatable bonds is 0. The van der Waals surface area contributed by atoms with Crippen molar-refractivity contribution in [3.63, 3.8) is 0 Å². The van der Waals surface area contributed by atoms with Crippen LogP contribution in [-0.2, 0) is 0 Å². The Bertz CT molecular complexity index is 191. The molecule has 0 spiro atoms. The molecule has 0 saturated heterocycles. The normalized spacial score (nSPS) is 22.7. The van der Waals surface area contributed by atoms with E-state index in [-0.39, 0.29) is 0 Å². The van der Waals surface area contributed by atoms with E-state index in [4.69, 9.17) is 5.41 Å². The highest BCUT2D eigenvalue weighted by molar-refractivity contribution is 9.26. The van der Waals surface area contributed by atoms with Gasteiger partial charge in [-0.3, -0.25) is 0 Å². The predicted molar refractivity (Wildman–Crippen MR) is 46.6 cm³/mol. The molecule has 0 bridgehead atoms. The molecule has 1 rings (SSSR count). The molecule has 0 aliphatic heterocycles. The highest BCUT2D eigenvalue weighted by atomic mass is 79.9. The molecule has 0 amide bonds. The second-order valence-corrected chi connectivity index (χ2v) is 5.32. The van der Waals surface area contributed by atoms with E-state index in [2.05, 4.69) is 31.9 Å². The summed E-state index contributed by atoms with van der Waals surface area (Å²) in [5, 5.41) is 7.36. The predicted octanol–water partition coefficient (Wildman–Crippen LogP) is 2.62. The van der Waals surface area contributed by atoms with Crippen molar-refractivity contribution >= 4 is 37.6 Å². The molecular weight excluding hydrogens is 246 g/mol. The van der Waals surface area contributed by atoms with Gasteiger partial charge in [0, 0.05) is 0 Å². The van der Waals surface area contributed by atoms with Gasteiger partial charge < -0.3 is 5.41 Å². The molecule has 0 saturated carbocycles. The molecular formula is C6H5Br2N. The SMILES string of the molecule is N=C1C=CC=CC1(Br)Br. The van der Waals surface area contributed by atoms with Crippen molar-refractivity contribution < 1.29 is 0 Å². The summed E-state index contributed by atoms with van der Waals surface area (Å²) in [5.74, 6) is 0. The van der Waals surface area contributed by atoms with Crippen LogP contribution in [0.4, 0.5) is 0 Å². The van der Waals surface area contributed by atoms with Crippen LogP contribution in [0.1, 0.15) is 0 Å². The Hall–Kier alpha value is 0.110. The fourth-order valence-corrected chi connectivity index (χ4v) is 1.10. The molecule has 1 aliphatic carbocycles. The zero-order valence-electron chi connectivity index (χ0n) is 4.57. The van der Waals surface area contributed by atoms with Gasteiger partial charge in [-0.15, -0.1) is 0 Å². The largest absolute Gasteiger partial charge is 0.303 e. The maximum atomic E-state index is 7.36. The van der Waals surface area contributed by atoms with Gasteiger partial charge in [-0.05, 0) is 6.08 Å². The molecule has 0 atom stereocenters. The van der Waals surface area contributed by atoms with Crippen molar-refractivity contribution in [3.8, 4) is 0 Å². The molecule has 1 aliphatic rings. The lowest BCUT2D eigenvalue weighted by molar-refractivity contribution is 1.35. The topological polar surface area (TPSA) is 23.9 Å². The average Bonchev–Trinajstić information content (AvgIpc) is 1.77. The smallest absolute Gasteiger partial charge is 0.140 e. The molecule has 0 radical (unpaired) electrons. The van der Waals surface area contributed by atoms with Gasteiger partial charge in [-0.1, -0.05) is 50.1 Å². The maximum Gasteiger partial charge on any atom is 0.140 e. The van der Waals surface area contributed by atoms with E-state index in [1.807, 2.05) is 18.2 Å². The van der Waals surface area contributed by atoms with E-state index in [1.165, 1.54) is 0 Å². The second kappa shape index (κ2) is 2.39. The van der Waals surface area contributed by atoms with Crippen LogP contribution in [0.15, 0.2) is 24.3 Å². The van der Waals surface area contributed by atoms with Gasteiger partial charge in [0.05, 0.1) is 5.71 Å². The molecule has 48 valence electrons. The van der Waals surface area contributed by atoms with Crippen LogP contribution in [0.5, 0.6) is 0 Å². The van der Waals surface area contributed by atoms with Crippen LogP contribution in [0.3, 0.4) is 0 Å². The Morgan fingerprint density at radius 1 is 1.33 bits per heavy atom. The van der Waals surface area contributed by atoms with Gasteiger partial charge in [0.15, 0.2) is 0 Å². The van der Waals surface area contributed by atoms with Crippen molar-refractivity contribution in [1.29, 1.82) is 5.41 Å². The first-order valence-electron chi connectivity index (χ1n) is 2.46. The number of allylic oxidation sites excluding steroid dienone is 4. The maximum absolute atomic E-state index is 7.36. The third-order valence-electron chi connectivity index (χ3n) is 1.04. The first kappa shape index (κ1) is 7.22. The summed E-state index contributed by atoms with van der Waals surface area (Å²) in [6.45, 7) is 0. The van der Waals surface area contributed by atoms with Crippen LogP contribution in [0, 0.1) is 5.41 Å². The first-order valence-corrected chi connectivity index (χ1v) is 4.04. The zero-order valence-corrected chi connectivity index (χ0v) is 7.74. The van der Waals surface area contributed by atoms with Crippen LogP contribution in [0.25, 0.3) is 0 Å². The minimum absolute atomic E-state index is 0.422. The molecule has 0 aromatic heterocycles. The summed E-state index contributed by atoms with van der Waals surface area (Å²) >= 11 is 6.62. The Labute approximate surface area is 70.6 Å². The zero-order chi connectivity index (χ0) is 6.91. The van der Waals surface area contributed by atoms with E-state index in [0.29, 0.717) is 5.71 Å². The van der Waals surface area contributed by atoms with Gasteiger partial charge in [-0.25, -0.2) is 0 Å². The van der Waals surface area contributed by atoms with Crippen molar-refractivity contribution in [1.82, 2.24) is 0 Å². The van der Waals surface area contributed by atoms with Crippen LogP contribution in [-0.4, -0.2) is 8.95 Å². The number of hydrogen-bond acceptors (Lipinski definition) is 1. The van der Waals surface area contributed by atoms with E-state index < -0.39 is 3.23 Å². The van der Waals surface area contributed by atoms with Crippen LogP contribution < -0.4 is 0 Å². The van der Waals surface area contributed by atoms with Crippen molar-refractivity contribution in [3.05, 3.63) is 24.3 Å². The number of alkyl halides is 2. The summed E-state index contributed by atoms with van der Waals surface area (Å²) in [5.41, 5.74) is 0.519. The van der Waals surface area contributed by atoms with E-state index >= 15 is 0 Å². The fraction of sp³-hybridized carbons (Fsp3) is 0.167. The highest BCUT2D eigenvalue weighted by Crippen LogP contribution is 2.31. The summed E-state index contributed by atoms with van der Waals surface area (Å²) in [6, 6.07) is 0. The van der Waals surface area contributed by atoms with Gasteiger partial charge in [0.2, 0.25) is 0 Å². The summed E-state index contributed by atoms with van der Waals surface area (Å²) < 4.78 is -0.422. The van der Waals surface area contributed by atoms with Gasteiger partial charge in [-0.2, -0.15) is 0 Å². The van der Waals surface area contributed by atoms with Gasteiger partial charge in [0.1, 0.15) is 3.23 Å². The Morgan fingerprint density at radius 2 is 2.00 bits per heavy atom. The number of halogens is 2. The lowest BCUT2D eigenvalue weighted by atomic mass is 10.2. The van der Waals surface area contributed by atoms with Crippen molar-refractivity contribution in [2.75, 3.05) is 0 Å². The van der Waals surface area contributed by atoms with E-state index in [1.54, 1.807) is 6.08 Å². The third-order valence-corrected chi connectivity index (χ3v) is 2.42. The van der Waals surface area contributed by atoms with Crippen LogP contribution >= 0.6 is 31.9 Å². The van der Waals surface area contributed by atoms with Gasteiger partial charge in [0.25, 0.3) is 0 Å². The lowest BCUT2D eigenvalue weighted by Gasteiger charge is -2.16. The monoisotopic (exact) mass is 249 g/mol. The van der Waals surface area contributed by atoms with Gasteiger partial charge >= 0.3 is 0 Å². The fourth-order valence-electron chi connectivity index (χ4n) is 0.529. The molecule has 0 unspecified atom stereocenters. The molecule has 3 heteroatoms.